The molecule has 1 saturated heterocycles. The first-order valence-corrected chi connectivity index (χ1v) is 13.4. The molecule has 1 fully saturated rings. The number of para-hydroxylation sites is 1. The van der Waals surface area contributed by atoms with Crippen molar-refractivity contribution >= 4 is 27.9 Å². The third kappa shape index (κ3) is 4.82. The van der Waals surface area contributed by atoms with Crippen molar-refractivity contribution in [3.05, 3.63) is 84.6 Å². The first-order valence-electron chi connectivity index (χ1n) is 13.4. The highest BCUT2D eigenvalue weighted by atomic mass is 16.5. The molecule has 0 saturated carbocycles. The lowest BCUT2D eigenvalue weighted by Gasteiger charge is -2.28. The Bertz CT molecular complexity index is 1660. The molecule has 1 aromatic carbocycles. The fourth-order valence-electron chi connectivity index (χ4n) is 5.16. The Labute approximate surface area is 226 Å². The molecule has 196 valence electrons. The van der Waals surface area contributed by atoms with Gasteiger partial charge in [-0.3, -0.25) is 9.38 Å². The second-order valence-corrected chi connectivity index (χ2v) is 9.74. The van der Waals surface area contributed by atoms with Crippen molar-refractivity contribution in [1.29, 1.82) is 0 Å². The number of fused-ring (bicyclic) bond motifs is 2. The Balaban J connectivity index is 1.22. The van der Waals surface area contributed by atoms with E-state index in [0.29, 0.717) is 25.7 Å². The smallest absolute Gasteiger partial charge is 0.214 e. The van der Waals surface area contributed by atoms with Crippen molar-refractivity contribution in [2.75, 3.05) is 44.3 Å². The Morgan fingerprint density at radius 2 is 1.87 bits per heavy atom. The van der Waals surface area contributed by atoms with Gasteiger partial charge in [0.15, 0.2) is 11.5 Å². The summed E-state index contributed by atoms with van der Waals surface area (Å²) in [5, 5.41) is 4.44. The van der Waals surface area contributed by atoms with Gasteiger partial charge >= 0.3 is 0 Å². The van der Waals surface area contributed by atoms with Crippen LogP contribution in [0.4, 0.5) is 5.82 Å². The number of imidazole rings is 1. The summed E-state index contributed by atoms with van der Waals surface area (Å²) in [4.78, 5) is 21.5. The van der Waals surface area contributed by atoms with Crippen molar-refractivity contribution in [2.45, 2.75) is 13.0 Å². The molecular formula is C30H29N7O2. The number of nitrogens with zero attached hydrogens (tertiary/aromatic N) is 6. The summed E-state index contributed by atoms with van der Waals surface area (Å²) in [6, 6.07) is 16.2. The van der Waals surface area contributed by atoms with Gasteiger partial charge in [0.25, 0.3) is 0 Å². The number of ether oxygens (including phenoxy) is 2. The van der Waals surface area contributed by atoms with E-state index in [-0.39, 0.29) is 0 Å². The molecule has 1 N–H and O–H groups in total. The van der Waals surface area contributed by atoms with Crippen LogP contribution >= 0.6 is 0 Å². The minimum absolute atomic E-state index is 0.300. The Morgan fingerprint density at radius 1 is 0.949 bits per heavy atom. The van der Waals surface area contributed by atoms with Gasteiger partial charge in [0.2, 0.25) is 5.88 Å². The molecule has 0 unspecified atom stereocenters. The van der Waals surface area contributed by atoms with Crippen LogP contribution < -0.4 is 15.0 Å². The van der Waals surface area contributed by atoms with Crippen LogP contribution in [0.5, 0.6) is 5.88 Å². The van der Waals surface area contributed by atoms with E-state index in [9.17, 15) is 0 Å². The van der Waals surface area contributed by atoms with E-state index >= 15 is 0 Å². The minimum Gasteiger partial charge on any atom is -0.471 e. The number of anilines is 1. The predicted octanol–water partition coefficient (Wildman–Crippen LogP) is 4.13. The maximum absolute atomic E-state index is 6.08. The number of hydrogen-bond donors (Lipinski definition) is 1. The molecule has 0 spiro atoms. The van der Waals surface area contributed by atoms with E-state index in [1.165, 1.54) is 5.57 Å². The zero-order valence-corrected chi connectivity index (χ0v) is 21.6. The highest BCUT2D eigenvalue weighted by Crippen LogP contribution is 2.28. The van der Waals surface area contributed by atoms with Crippen LogP contribution in [0.3, 0.4) is 0 Å². The fraction of sp³-hybridized carbons (Fsp3) is 0.267. The molecule has 2 aliphatic heterocycles. The van der Waals surface area contributed by atoms with Crippen molar-refractivity contribution in [3.8, 4) is 17.1 Å². The summed E-state index contributed by atoms with van der Waals surface area (Å²) < 4.78 is 13.8. The van der Waals surface area contributed by atoms with Crippen molar-refractivity contribution in [1.82, 2.24) is 29.7 Å². The third-order valence-electron chi connectivity index (χ3n) is 7.23. The molecule has 0 radical (unpaired) electrons. The van der Waals surface area contributed by atoms with Crippen LogP contribution in [0.2, 0.25) is 0 Å². The normalized spacial score (nSPS) is 16.0. The van der Waals surface area contributed by atoms with Crippen LogP contribution in [0.25, 0.3) is 33.4 Å². The Kier molecular flexibility index (Phi) is 6.36. The van der Waals surface area contributed by atoms with Gasteiger partial charge in [-0.05, 0) is 42.8 Å². The molecule has 9 nitrogen and oxygen atoms in total. The summed E-state index contributed by atoms with van der Waals surface area (Å²) in [7, 11) is 0. The molecule has 4 aromatic heterocycles. The Morgan fingerprint density at radius 3 is 2.72 bits per heavy atom. The molecule has 9 heteroatoms. The molecule has 0 amide bonds. The SMILES string of the molecule is C1=C(c2ccc(-c3cnc(N4CCOCC4)c4nc(COc5ccc6ccccc6n5)cn34)cn2)CCNC1. The van der Waals surface area contributed by atoms with E-state index in [1.807, 2.05) is 55.0 Å². The highest BCUT2D eigenvalue weighted by Gasteiger charge is 2.20. The van der Waals surface area contributed by atoms with E-state index in [4.69, 9.17) is 24.4 Å². The predicted molar refractivity (Wildman–Crippen MR) is 151 cm³/mol. The standard InChI is InChI=1S/C30H29N7O2/c1-2-4-26-21(3-1)6-8-28(35-26)39-20-24-19-37-27(18-33-29(30(37)34-24)36-13-15-38-16-14-36)23-5-7-25(32-17-23)22-9-11-31-12-10-22/h1-9,17-19,31H,10-16,20H2. The summed E-state index contributed by atoms with van der Waals surface area (Å²) in [5.41, 5.74) is 6.74. The summed E-state index contributed by atoms with van der Waals surface area (Å²) in [5.74, 6) is 1.42. The molecule has 2 aliphatic rings. The molecular weight excluding hydrogens is 490 g/mol. The first-order chi connectivity index (χ1) is 19.3. The highest BCUT2D eigenvalue weighted by molar-refractivity contribution is 5.78. The van der Waals surface area contributed by atoms with E-state index < -0.39 is 0 Å². The average molecular weight is 520 g/mol. The number of benzene rings is 1. The van der Waals surface area contributed by atoms with Gasteiger partial charge in [-0.15, -0.1) is 0 Å². The Hall–Kier alpha value is -4.34. The lowest BCUT2D eigenvalue weighted by Crippen LogP contribution is -2.37. The number of hydrogen-bond acceptors (Lipinski definition) is 8. The summed E-state index contributed by atoms with van der Waals surface area (Å²) in [6.07, 6.45) is 9.08. The van der Waals surface area contributed by atoms with Gasteiger partial charge in [-0.2, -0.15) is 0 Å². The quantitative estimate of drug-likeness (QED) is 0.358. The fourth-order valence-corrected chi connectivity index (χ4v) is 5.16. The second kappa shape index (κ2) is 10.4. The summed E-state index contributed by atoms with van der Waals surface area (Å²) >= 11 is 0. The summed E-state index contributed by atoms with van der Waals surface area (Å²) in [6.45, 7) is 5.09. The number of pyridine rings is 2. The van der Waals surface area contributed by atoms with Gasteiger partial charge < -0.3 is 19.7 Å². The monoisotopic (exact) mass is 519 g/mol. The zero-order valence-electron chi connectivity index (χ0n) is 21.6. The van der Waals surface area contributed by atoms with Crippen LogP contribution in [-0.2, 0) is 11.3 Å². The maximum Gasteiger partial charge on any atom is 0.214 e. The van der Waals surface area contributed by atoms with Crippen LogP contribution in [0.1, 0.15) is 17.8 Å². The number of nitrogens with one attached hydrogen (secondary N) is 1. The van der Waals surface area contributed by atoms with Gasteiger partial charge in [-0.1, -0.05) is 24.3 Å². The number of rotatable bonds is 6. The van der Waals surface area contributed by atoms with E-state index in [2.05, 4.69) is 37.8 Å². The topological polar surface area (TPSA) is 89.7 Å². The molecule has 6 heterocycles. The van der Waals surface area contributed by atoms with Crippen LogP contribution in [0.15, 0.2) is 73.2 Å². The average Bonchev–Trinajstić information content (AvgIpc) is 3.45. The molecule has 5 aromatic rings. The second-order valence-electron chi connectivity index (χ2n) is 9.74. The van der Waals surface area contributed by atoms with Crippen molar-refractivity contribution < 1.29 is 9.47 Å². The van der Waals surface area contributed by atoms with Crippen LogP contribution in [-0.4, -0.2) is 63.7 Å². The molecule has 0 aliphatic carbocycles. The van der Waals surface area contributed by atoms with Crippen molar-refractivity contribution in [3.63, 3.8) is 0 Å². The lowest BCUT2D eigenvalue weighted by atomic mass is 10.0. The lowest BCUT2D eigenvalue weighted by molar-refractivity contribution is 0.122. The van der Waals surface area contributed by atoms with E-state index in [1.54, 1.807) is 0 Å². The molecule has 7 rings (SSSR count). The molecule has 0 atom stereocenters. The van der Waals surface area contributed by atoms with E-state index in [0.717, 1.165) is 77.6 Å². The van der Waals surface area contributed by atoms with Gasteiger partial charge in [-0.25, -0.2) is 15.0 Å². The van der Waals surface area contributed by atoms with Crippen LogP contribution in [0, 0.1) is 0 Å². The largest absolute Gasteiger partial charge is 0.471 e. The number of morpholine rings is 1. The van der Waals surface area contributed by atoms with Gasteiger partial charge in [0.1, 0.15) is 6.61 Å². The minimum atomic E-state index is 0.300. The zero-order chi connectivity index (χ0) is 26.0. The van der Waals surface area contributed by atoms with Gasteiger partial charge in [0.05, 0.1) is 42.0 Å². The molecule has 0 bridgehead atoms. The number of aromatic nitrogens is 5. The maximum atomic E-state index is 6.08. The van der Waals surface area contributed by atoms with Crippen molar-refractivity contribution in [2.24, 2.45) is 0 Å². The van der Waals surface area contributed by atoms with Gasteiger partial charge in [0, 0.05) is 49.0 Å². The third-order valence-corrected chi connectivity index (χ3v) is 7.23. The molecule has 39 heavy (non-hydrogen) atoms. The first kappa shape index (κ1) is 23.8.